The van der Waals surface area contributed by atoms with Gasteiger partial charge in [0.25, 0.3) is 0 Å². The van der Waals surface area contributed by atoms with E-state index in [4.69, 9.17) is 9.47 Å². The van der Waals surface area contributed by atoms with Crippen LogP contribution in [-0.4, -0.2) is 25.5 Å². The van der Waals surface area contributed by atoms with Crippen LogP contribution in [0.2, 0.25) is 0 Å². The number of rotatable bonds is 8. The Hall–Kier alpha value is -3.02. The molecule has 2 amide bonds. The lowest BCUT2D eigenvalue weighted by molar-refractivity contribution is -0.120. The van der Waals surface area contributed by atoms with Crippen molar-refractivity contribution in [1.29, 1.82) is 0 Å². The number of hydrogen-bond donors (Lipinski definition) is 2. The monoisotopic (exact) mass is 370 g/mol. The fourth-order valence-corrected chi connectivity index (χ4v) is 2.73. The summed E-state index contributed by atoms with van der Waals surface area (Å²) in [6, 6.07) is 12.5. The summed E-state index contributed by atoms with van der Waals surface area (Å²) < 4.78 is 10.8. The number of carbonyl (C=O) groups is 2. The van der Waals surface area contributed by atoms with Crippen molar-refractivity contribution in [2.24, 2.45) is 0 Å². The summed E-state index contributed by atoms with van der Waals surface area (Å²) in [5.41, 5.74) is 2.49. The number of nitrogens with one attached hydrogen (secondary N) is 2. The van der Waals surface area contributed by atoms with Gasteiger partial charge < -0.3 is 20.1 Å². The van der Waals surface area contributed by atoms with Crippen LogP contribution in [0.3, 0.4) is 0 Å². The van der Waals surface area contributed by atoms with E-state index in [-0.39, 0.29) is 18.2 Å². The third-order valence-electron chi connectivity index (χ3n) is 4.00. The Balaban J connectivity index is 2.14. The second-order valence-electron chi connectivity index (χ2n) is 6.21. The molecule has 0 spiro atoms. The first-order valence-corrected chi connectivity index (χ1v) is 8.87. The SMILES string of the molecule is CCOc1cc(C)ccc1NC(=O)CC(NC(C)=O)c1ccc(OC)cc1. The number of aryl methyl sites for hydroxylation is 1. The third-order valence-corrected chi connectivity index (χ3v) is 4.00. The van der Waals surface area contributed by atoms with Crippen LogP contribution in [0.5, 0.6) is 11.5 Å². The van der Waals surface area contributed by atoms with Crippen LogP contribution in [0, 0.1) is 6.92 Å². The van der Waals surface area contributed by atoms with Gasteiger partial charge in [-0.05, 0) is 49.2 Å². The van der Waals surface area contributed by atoms with Gasteiger partial charge in [0.2, 0.25) is 11.8 Å². The molecule has 144 valence electrons. The Kier molecular flexibility index (Phi) is 7.23. The highest BCUT2D eigenvalue weighted by molar-refractivity contribution is 5.93. The lowest BCUT2D eigenvalue weighted by Crippen LogP contribution is -2.29. The first-order chi connectivity index (χ1) is 12.9. The molecule has 0 aliphatic carbocycles. The number of hydrogen-bond acceptors (Lipinski definition) is 4. The van der Waals surface area contributed by atoms with Gasteiger partial charge in [-0.15, -0.1) is 0 Å². The van der Waals surface area contributed by atoms with Gasteiger partial charge in [0, 0.05) is 6.92 Å². The van der Waals surface area contributed by atoms with Crippen molar-refractivity contribution in [2.45, 2.75) is 33.2 Å². The molecular formula is C21H26N2O4. The molecule has 0 heterocycles. The molecule has 0 bridgehead atoms. The number of benzene rings is 2. The maximum atomic E-state index is 12.6. The summed E-state index contributed by atoms with van der Waals surface area (Å²) in [4.78, 5) is 24.2. The van der Waals surface area contributed by atoms with Gasteiger partial charge in [0.15, 0.2) is 0 Å². The van der Waals surface area contributed by atoms with Gasteiger partial charge >= 0.3 is 0 Å². The maximum absolute atomic E-state index is 12.6. The van der Waals surface area contributed by atoms with E-state index in [1.807, 2.05) is 44.2 Å². The van der Waals surface area contributed by atoms with Crippen molar-refractivity contribution in [3.05, 3.63) is 53.6 Å². The minimum absolute atomic E-state index is 0.103. The highest BCUT2D eigenvalue weighted by Crippen LogP contribution is 2.27. The molecule has 2 N–H and O–H groups in total. The van der Waals surface area contributed by atoms with E-state index in [1.165, 1.54) is 6.92 Å². The molecule has 0 fully saturated rings. The summed E-state index contributed by atoms with van der Waals surface area (Å²) >= 11 is 0. The van der Waals surface area contributed by atoms with E-state index >= 15 is 0 Å². The molecule has 2 rings (SSSR count). The summed E-state index contributed by atoms with van der Waals surface area (Å²) in [6.07, 6.45) is 0.103. The zero-order valence-electron chi connectivity index (χ0n) is 16.2. The van der Waals surface area contributed by atoms with Crippen molar-refractivity contribution in [1.82, 2.24) is 5.32 Å². The Morgan fingerprint density at radius 2 is 1.81 bits per heavy atom. The summed E-state index contributed by atoms with van der Waals surface area (Å²) in [5.74, 6) is 0.931. The van der Waals surface area contributed by atoms with Gasteiger partial charge in [0.1, 0.15) is 11.5 Å². The van der Waals surface area contributed by atoms with Crippen LogP contribution >= 0.6 is 0 Å². The summed E-state index contributed by atoms with van der Waals surface area (Å²) in [7, 11) is 1.59. The Morgan fingerprint density at radius 3 is 2.41 bits per heavy atom. The Bertz CT molecular complexity index is 787. The number of methoxy groups -OCH3 is 1. The summed E-state index contributed by atoms with van der Waals surface area (Å²) in [6.45, 7) is 5.79. The van der Waals surface area contributed by atoms with Crippen molar-refractivity contribution in [3.63, 3.8) is 0 Å². The third kappa shape index (κ3) is 6.02. The van der Waals surface area contributed by atoms with Crippen molar-refractivity contribution >= 4 is 17.5 Å². The number of anilines is 1. The zero-order chi connectivity index (χ0) is 19.8. The van der Waals surface area contributed by atoms with Crippen LogP contribution in [-0.2, 0) is 9.59 Å². The Labute approximate surface area is 159 Å². The molecule has 0 radical (unpaired) electrons. The second kappa shape index (κ2) is 9.62. The highest BCUT2D eigenvalue weighted by Gasteiger charge is 2.18. The molecule has 0 saturated heterocycles. The lowest BCUT2D eigenvalue weighted by Gasteiger charge is -2.19. The Morgan fingerprint density at radius 1 is 1.11 bits per heavy atom. The smallest absolute Gasteiger partial charge is 0.226 e. The first-order valence-electron chi connectivity index (χ1n) is 8.87. The van der Waals surface area contributed by atoms with E-state index in [1.54, 1.807) is 19.2 Å². The van der Waals surface area contributed by atoms with Crippen LogP contribution in [0.4, 0.5) is 5.69 Å². The van der Waals surface area contributed by atoms with Crippen molar-refractivity contribution in [2.75, 3.05) is 19.0 Å². The lowest BCUT2D eigenvalue weighted by atomic mass is 10.0. The molecule has 0 aromatic heterocycles. The van der Waals surface area contributed by atoms with Crippen LogP contribution in [0.25, 0.3) is 0 Å². The fourth-order valence-electron chi connectivity index (χ4n) is 2.73. The van der Waals surface area contributed by atoms with Crippen LogP contribution < -0.4 is 20.1 Å². The van der Waals surface area contributed by atoms with Gasteiger partial charge in [0.05, 0.1) is 31.9 Å². The standard InChI is InChI=1S/C21H26N2O4/c1-5-27-20-12-14(2)6-11-18(20)23-21(25)13-19(22-15(3)24)16-7-9-17(26-4)10-8-16/h6-12,19H,5,13H2,1-4H3,(H,22,24)(H,23,25). The van der Waals surface area contributed by atoms with Gasteiger partial charge in [-0.2, -0.15) is 0 Å². The van der Waals surface area contributed by atoms with Gasteiger partial charge in [-0.1, -0.05) is 18.2 Å². The first kappa shape index (κ1) is 20.3. The maximum Gasteiger partial charge on any atom is 0.226 e. The predicted molar refractivity (Wildman–Crippen MR) is 105 cm³/mol. The van der Waals surface area contributed by atoms with Gasteiger partial charge in [-0.25, -0.2) is 0 Å². The largest absolute Gasteiger partial charge is 0.497 e. The van der Waals surface area contributed by atoms with E-state index in [2.05, 4.69) is 10.6 Å². The predicted octanol–water partition coefficient (Wildman–Crippen LogP) is 3.61. The zero-order valence-corrected chi connectivity index (χ0v) is 16.2. The van der Waals surface area contributed by atoms with E-state index in [9.17, 15) is 9.59 Å². The molecule has 6 nitrogen and oxygen atoms in total. The van der Waals surface area contributed by atoms with Crippen LogP contribution in [0.15, 0.2) is 42.5 Å². The molecule has 1 atom stereocenters. The van der Waals surface area contributed by atoms with Crippen LogP contribution in [0.1, 0.15) is 37.4 Å². The molecule has 2 aromatic rings. The minimum atomic E-state index is -0.436. The summed E-state index contributed by atoms with van der Waals surface area (Å²) in [5, 5.41) is 5.71. The molecule has 6 heteroatoms. The molecule has 2 aromatic carbocycles. The van der Waals surface area contributed by atoms with E-state index in [0.29, 0.717) is 23.8 Å². The normalized spacial score (nSPS) is 11.4. The molecular weight excluding hydrogens is 344 g/mol. The number of carbonyl (C=O) groups excluding carboxylic acids is 2. The number of ether oxygens (including phenoxy) is 2. The molecule has 1 unspecified atom stereocenters. The molecule has 0 aliphatic heterocycles. The van der Waals surface area contributed by atoms with Gasteiger partial charge in [-0.3, -0.25) is 9.59 Å². The average Bonchev–Trinajstić information content (AvgIpc) is 2.63. The second-order valence-corrected chi connectivity index (χ2v) is 6.21. The quantitative estimate of drug-likeness (QED) is 0.744. The van der Waals surface area contributed by atoms with Crippen molar-refractivity contribution < 1.29 is 19.1 Å². The topological polar surface area (TPSA) is 76.7 Å². The molecule has 0 aliphatic rings. The molecule has 0 saturated carbocycles. The molecule has 27 heavy (non-hydrogen) atoms. The van der Waals surface area contributed by atoms with Crippen molar-refractivity contribution in [3.8, 4) is 11.5 Å². The fraction of sp³-hybridized carbons (Fsp3) is 0.333. The van der Waals surface area contributed by atoms with E-state index in [0.717, 1.165) is 11.1 Å². The minimum Gasteiger partial charge on any atom is -0.497 e. The number of amides is 2. The highest BCUT2D eigenvalue weighted by atomic mass is 16.5. The van der Waals surface area contributed by atoms with E-state index < -0.39 is 6.04 Å². The average molecular weight is 370 g/mol.